The number of amides is 1. The maximum Gasteiger partial charge on any atom is 0.270 e. The van der Waals surface area contributed by atoms with Crippen LogP contribution in [0.4, 0.5) is 5.69 Å². The summed E-state index contributed by atoms with van der Waals surface area (Å²) in [6, 6.07) is 11.4. The van der Waals surface area contributed by atoms with Crippen molar-refractivity contribution < 1.29 is 19.6 Å². The zero-order valence-corrected chi connectivity index (χ0v) is 15.9. The third-order valence-electron chi connectivity index (χ3n) is 3.89. The molecule has 142 valence electrons. The summed E-state index contributed by atoms with van der Waals surface area (Å²) < 4.78 is 5.93. The number of nitro benzene ring substituents is 1. The summed E-state index contributed by atoms with van der Waals surface area (Å²) >= 11 is 3.85. The number of thioether (sulfide) groups is 2. The van der Waals surface area contributed by atoms with Gasteiger partial charge in [-0.1, -0.05) is 12.1 Å². The fourth-order valence-electron chi connectivity index (χ4n) is 2.49. The van der Waals surface area contributed by atoms with Crippen LogP contribution in [0.15, 0.2) is 42.5 Å². The second kappa shape index (κ2) is 9.01. The van der Waals surface area contributed by atoms with Crippen molar-refractivity contribution in [3.63, 3.8) is 0 Å². The van der Waals surface area contributed by atoms with Gasteiger partial charge in [-0.05, 0) is 23.8 Å². The Labute approximate surface area is 164 Å². The van der Waals surface area contributed by atoms with Gasteiger partial charge in [-0.3, -0.25) is 14.9 Å². The summed E-state index contributed by atoms with van der Waals surface area (Å²) in [4.78, 5) is 22.2. The van der Waals surface area contributed by atoms with E-state index in [-0.39, 0.29) is 36.1 Å². The van der Waals surface area contributed by atoms with Gasteiger partial charge in [0.05, 0.1) is 9.51 Å². The topological polar surface area (TPSA) is 102 Å². The standard InChI is InChI=1S/C18H18N2O5S2/c21-16-6-3-14(20(23)24)9-13(16)10-19-17(22)11-25-15-4-1-12(2-5-15)18-26-7-8-27-18/h1-6,9,18,21H,7-8,10-11H2,(H,19,22). The van der Waals surface area contributed by atoms with Gasteiger partial charge in [-0.25, -0.2) is 0 Å². The first-order valence-electron chi connectivity index (χ1n) is 8.22. The fourth-order valence-corrected chi connectivity index (χ4v) is 5.35. The number of nitrogens with zero attached hydrogens (tertiary/aromatic N) is 1. The van der Waals surface area contributed by atoms with Crippen LogP contribution in [0.2, 0.25) is 0 Å². The van der Waals surface area contributed by atoms with E-state index >= 15 is 0 Å². The number of phenols is 1. The zero-order valence-electron chi connectivity index (χ0n) is 14.3. The highest BCUT2D eigenvalue weighted by atomic mass is 32.2. The van der Waals surface area contributed by atoms with Crippen molar-refractivity contribution in [1.29, 1.82) is 0 Å². The van der Waals surface area contributed by atoms with Gasteiger partial charge in [-0.15, -0.1) is 23.5 Å². The number of nitrogens with one attached hydrogen (secondary N) is 1. The van der Waals surface area contributed by atoms with Crippen molar-refractivity contribution in [2.45, 2.75) is 11.1 Å². The molecular weight excluding hydrogens is 388 g/mol. The largest absolute Gasteiger partial charge is 0.508 e. The molecule has 0 aromatic heterocycles. The molecule has 1 fully saturated rings. The molecule has 3 rings (SSSR count). The van der Waals surface area contributed by atoms with E-state index in [1.807, 2.05) is 47.8 Å². The molecule has 2 aromatic carbocycles. The van der Waals surface area contributed by atoms with Crippen LogP contribution >= 0.6 is 23.5 Å². The summed E-state index contributed by atoms with van der Waals surface area (Å²) in [5, 5.41) is 23.1. The number of carbonyl (C=O) groups excluding carboxylic acids is 1. The molecule has 2 aromatic rings. The Bertz CT molecular complexity index is 823. The molecule has 2 N–H and O–H groups in total. The molecule has 0 saturated carbocycles. The van der Waals surface area contributed by atoms with Gasteiger partial charge in [0.1, 0.15) is 11.5 Å². The van der Waals surface area contributed by atoms with Crippen LogP contribution in [0.1, 0.15) is 15.7 Å². The van der Waals surface area contributed by atoms with E-state index in [1.165, 1.54) is 23.8 Å². The molecule has 1 heterocycles. The van der Waals surface area contributed by atoms with Crippen molar-refractivity contribution in [1.82, 2.24) is 5.32 Å². The van der Waals surface area contributed by atoms with Gasteiger partial charge in [0.2, 0.25) is 0 Å². The first-order chi connectivity index (χ1) is 13.0. The van der Waals surface area contributed by atoms with Crippen LogP contribution < -0.4 is 10.1 Å². The Kier molecular flexibility index (Phi) is 6.46. The molecule has 1 aliphatic heterocycles. The Morgan fingerprint density at radius 2 is 1.93 bits per heavy atom. The van der Waals surface area contributed by atoms with Crippen LogP contribution in [-0.4, -0.2) is 34.0 Å². The minimum absolute atomic E-state index is 0.0230. The number of nitro groups is 1. The number of carbonyl (C=O) groups is 1. The van der Waals surface area contributed by atoms with Crippen molar-refractivity contribution in [3.05, 3.63) is 63.7 Å². The van der Waals surface area contributed by atoms with Crippen LogP contribution in [0.5, 0.6) is 11.5 Å². The van der Waals surface area contributed by atoms with Crippen LogP contribution in [0, 0.1) is 10.1 Å². The monoisotopic (exact) mass is 406 g/mol. The molecule has 27 heavy (non-hydrogen) atoms. The number of ether oxygens (including phenoxy) is 1. The summed E-state index contributed by atoms with van der Waals surface area (Å²) in [5.74, 6) is 2.42. The van der Waals surface area contributed by atoms with Gasteiger partial charge in [0.25, 0.3) is 11.6 Å². The van der Waals surface area contributed by atoms with E-state index in [2.05, 4.69) is 5.32 Å². The molecule has 0 unspecified atom stereocenters. The molecule has 9 heteroatoms. The minimum atomic E-state index is -0.555. The Morgan fingerprint density at radius 3 is 2.59 bits per heavy atom. The summed E-state index contributed by atoms with van der Waals surface area (Å²) in [7, 11) is 0. The van der Waals surface area contributed by atoms with Crippen molar-refractivity contribution >= 4 is 35.1 Å². The lowest BCUT2D eigenvalue weighted by molar-refractivity contribution is -0.384. The van der Waals surface area contributed by atoms with E-state index in [0.717, 1.165) is 11.5 Å². The Balaban J connectivity index is 1.48. The molecule has 1 aliphatic rings. The molecule has 0 aliphatic carbocycles. The van der Waals surface area contributed by atoms with E-state index < -0.39 is 4.92 Å². The van der Waals surface area contributed by atoms with Crippen LogP contribution in [-0.2, 0) is 11.3 Å². The number of non-ortho nitro benzene ring substituents is 1. The fraction of sp³-hybridized carbons (Fsp3) is 0.278. The number of aromatic hydroxyl groups is 1. The average molecular weight is 406 g/mol. The highest BCUT2D eigenvalue weighted by Crippen LogP contribution is 2.45. The predicted molar refractivity (Wildman–Crippen MR) is 106 cm³/mol. The Morgan fingerprint density at radius 1 is 1.22 bits per heavy atom. The number of hydrogen-bond acceptors (Lipinski definition) is 7. The lowest BCUT2D eigenvalue weighted by Gasteiger charge is -2.11. The van der Waals surface area contributed by atoms with E-state index in [0.29, 0.717) is 10.3 Å². The van der Waals surface area contributed by atoms with Crippen molar-refractivity contribution in [2.75, 3.05) is 18.1 Å². The molecule has 0 spiro atoms. The first kappa shape index (κ1) is 19.4. The predicted octanol–water partition coefficient (Wildman–Crippen LogP) is 3.47. The smallest absolute Gasteiger partial charge is 0.270 e. The lowest BCUT2D eigenvalue weighted by Crippen LogP contribution is -2.28. The molecule has 0 bridgehead atoms. The van der Waals surface area contributed by atoms with Gasteiger partial charge in [0.15, 0.2) is 6.61 Å². The summed E-state index contributed by atoms with van der Waals surface area (Å²) in [6.45, 7) is -0.202. The third kappa shape index (κ3) is 5.30. The SMILES string of the molecule is O=C(COc1ccc(C2SCCS2)cc1)NCc1cc([N+](=O)[O-])ccc1O. The second-order valence-electron chi connectivity index (χ2n) is 5.78. The summed E-state index contributed by atoms with van der Waals surface area (Å²) in [6.07, 6.45) is 0. The highest BCUT2D eigenvalue weighted by molar-refractivity contribution is 8.19. The minimum Gasteiger partial charge on any atom is -0.508 e. The van der Waals surface area contributed by atoms with Crippen molar-refractivity contribution in [3.8, 4) is 11.5 Å². The lowest BCUT2D eigenvalue weighted by atomic mass is 10.2. The highest BCUT2D eigenvalue weighted by Gasteiger charge is 2.18. The molecule has 0 radical (unpaired) electrons. The number of benzene rings is 2. The molecule has 7 nitrogen and oxygen atoms in total. The summed E-state index contributed by atoms with van der Waals surface area (Å²) in [5.41, 5.74) is 1.36. The van der Waals surface area contributed by atoms with Gasteiger partial charge in [0, 0.05) is 35.7 Å². The average Bonchev–Trinajstić information content (AvgIpc) is 3.20. The maximum absolute atomic E-state index is 11.9. The molecule has 1 saturated heterocycles. The van der Waals surface area contributed by atoms with Crippen molar-refractivity contribution in [2.24, 2.45) is 0 Å². The number of phenolic OH excluding ortho intramolecular Hbond substituents is 1. The van der Waals surface area contributed by atoms with E-state index in [4.69, 9.17) is 4.74 Å². The zero-order chi connectivity index (χ0) is 19.2. The number of hydrogen-bond donors (Lipinski definition) is 2. The van der Waals surface area contributed by atoms with E-state index in [9.17, 15) is 20.0 Å². The number of rotatable bonds is 7. The van der Waals surface area contributed by atoms with Gasteiger partial charge < -0.3 is 15.2 Å². The quantitative estimate of drug-likeness (QED) is 0.536. The van der Waals surface area contributed by atoms with Crippen LogP contribution in [0.25, 0.3) is 0 Å². The van der Waals surface area contributed by atoms with Crippen LogP contribution in [0.3, 0.4) is 0 Å². The normalized spacial score (nSPS) is 14.1. The second-order valence-corrected chi connectivity index (χ2v) is 8.50. The molecule has 0 atom stereocenters. The third-order valence-corrected chi connectivity index (χ3v) is 7.00. The van der Waals surface area contributed by atoms with Gasteiger partial charge in [-0.2, -0.15) is 0 Å². The van der Waals surface area contributed by atoms with E-state index in [1.54, 1.807) is 0 Å². The first-order valence-corrected chi connectivity index (χ1v) is 10.3. The van der Waals surface area contributed by atoms with Gasteiger partial charge >= 0.3 is 0 Å². The maximum atomic E-state index is 11.9. The Hall–Kier alpha value is -2.39. The molecular formula is C18H18N2O5S2. The molecule has 1 amide bonds.